The van der Waals surface area contributed by atoms with Crippen LogP contribution in [-0.4, -0.2) is 0 Å². The zero-order valence-electron chi connectivity index (χ0n) is 14.4. The molecule has 2 aromatic heterocycles. The maximum atomic E-state index is 6.23. The van der Waals surface area contributed by atoms with Gasteiger partial charge in [-0.2, -0.15) is 0 Å². The van der Waals surface area contributed by atoms with Gasteiger partial charge in [0.2, 0.25) is 0 Å². The lowest BCUT2D eigenvalue weighted by atomic mass is 9.91. The molecule has 0 saturated heterocycles. The highest BCUT2D eigenvalue weighted by Gasteiger charge is 2.17. The van der Waals surface area contributed by atoms with Crippen LogP contribution in [0.15, 0.2) is 86.1 Å². The van der Waals surface area contributed by atoms with Gasteiger partial charge in [-0.05, 0) is 54.4 Å². The molecule has 1 aliphatic rings. The summed E-state index contributed by atoms with van der Waals surface area (Å²) in [6, 6.07) is 16.9. The van der Waals surface area contributed by atoms with Crippen LogP contribution in [-0.2, 0) is 0 Å². The van der Waals surface area contributed by atoms with Crippen LogP contribution in [0.1, 0.15) is 17.9 Å². The molecule has 2 nitrogen and oxygen atoms in total. The molecular weight excluding hydrogens is 400 g/mol. The van der Waals surface area contributed by atoms with Crippen LogP contribution in [0, 0.1) is 0 Å². The minimum Gasteiger partial charge on any atom is -0.452 e. The Labute approximate surface area is 163 Å². The lowest BCUT2D eigenvalue weighted by molar-refractivity contribution is 0.633. The number of benzene rings is 3. The van der Waals surface area contributed by atoms with E-state index in [1.165, 1.54) is 5.56 Å². The van der Waals surface area contributed by atoms with Crippen molar-refractivity contribution in [1.82, 2.24) is 0 Å². The molecule has 0 bridgehead atoms. The molecule has 130 valence electrons. The van der Waals surface area contributed by atoms with Crippen LogP contribution in [0.5, 0.6) is 0 Å². The van der Waals surface area contributed by atoms with Crippen LogP contribution in [0.3, 0.4) is 0 Å². The Balaban J connectivity index is 1.64. The van der Waals surface area contributed by atoms with Crippen molar-refractivity contribution in [3.8, 4) is 0 Å². The van der Waals surface area contributed by atoms with Gasteiger partial charge in [0.1, 0.15) is 11.2 Å². The third-order valence-electron chi connectivity index (χ3n) is 5.47. The fourth-order valence-electron chi connectivity index (χ4n) is 4.12. The molecule has 0 amide bonds. The summed E-state index contributed by atoms with van der Waals surface area (Å²) in [5, 5.41) is 4.43. The maximum absolute atomic E-state index is 6.23. The average Bonchev–Trinajstić information content (AvgIpc) is 3.26. The predicted octanol–water partition coefficient (Wildman–Crippen LogP) is 7.85. The standard InChI is InChI=1S/C24H15BrO2/c25-16-7-11-22-20(13-16)18-9-8-17-19-12-15(14-4-2-1-3-5-14)6-10-21(19)26-23(17)24(18)27-22/h1-4,6-14H,5H2. The van der Waals surface area contributed by atoms with Gasteiger partial charge in [0, 0.05) is 31.9 Å². The minimum absolute atomic E-state index is 0.427. The van der Waals surface area contributed by atoms with Gasteiger partial charge in [0.05, 0.1) is 0 Å². The topological polar surface area (TPSA) is 26.3 Å². The van der Waals surface area contributed by atoms with Gasteiger partial charge in [-0.15, -0.1) is 0 Å². The molecule has 0 saturated carbocycles. The van der Waals surface area contributed by atoms with Gasteiger partial charge in [0.15, 0.2) is 11.2 Å². The van der Waals surface area contributed by atoms with Crippen molar-refractivity contribution in [1.29, 1.82) is 0 Å². The van der Waals surface area contributed by atoms with E-state index in [0.717, 1.165) is 54.8 Å². The third kappa shape index (κ3) is 2.25. The SMILES string of the molecule is Brc1ccc2oc3c(ccc4c5cc(C6C=CC=CC6)ccc5oc43)c2c1. The molecule has 0 aliphatic heterocycles. The number of hydrogen-bond donors (Lipinski definition) is 0. The highest BCUT2D eigenvalue weighted by atomic mass is 79.9. The Hall–Kier alpha value is -2.78. The van der Waals surface area contributed by atoms with Crippen molar-refractivity contribution in [2.45, 2.75) is 12.3 Å². The van der Waals surface area contributed by atoms with Crippen molar-refractivity contribution >= 4 is 59.8 Å². The van der Waals surface area contributed by atoms with Crippen LogP contribution in [0.25, 0.3) is 43.9 Å². The Morgan fingerprint density at radius 3 is 2.15 bits per heavy atom. The second kappa shape index (κ2) is 5.61. The average molecular weight is 415 g/mol. The fraction of sp³-hybridized carbons (Fsp3) is 0.0833. The summed E-state index contributed by atoms with van der Waals surface area (Å²) in [4.78, 5) is 0. The number of allylic oxidation sites excluding steroid dienone is 4. The number of fused-ring (bicyclic) bond motifs is 7. The van der Waals surface area contributed by atoms with Gasteiger partial charge in [-0.1, -0.05) is 46.3 Å². The van der Waals surface area contributed by atoms with E-state index in [4.69, 9.17) is 8.83 Å². The number of rotatable bonds is 1. The summed E-state index contributed by atoms with van der Waals surface area (Å²) >= 11 is 3.55. The quantitative estimate of drug-likeness (QED) is 0.279. The second-order valence-corrected chi connectivity index (χ2v) is 7.99. The van der Waals surface area contributed by atoms with Crippen LogP contribution in [0.2, 0.25) is 0 Å². The van der Waals surface area contributed by atoms with Gasteiger partial charge >= 0.3 is 0 Å². The molecule has 3 heteroatoms. The molecule has 6 rings (SSSR count). The van der Waals surface area contributed by atoms with Crippen LogP contribution < -0.4 is 0 Å². The number of furan rings is 2. The number of halogens is 1. The highest BCUT2D eigenvalue weighted by Crippen LogP contribution is 2.40. The molecule has 0 spiro atoms. The first-order valence-electron chi connectivity index (χ1n) is 9.08. The van der Waals surface area contributed by atoms with Gasteiger partial charge in [-0.25, -0.2) is 0 Å². The van der Waals surface area contributed by atoms with Crippen LogP contribution >= 0.6 is 15.9 Å². The van der Waals surface area contributed by atoms with Crippen molar-refractivity contribution in [3.63, 3.8) is 0 Å². The molecule has 1 aliphatic carbocycles. The molecule has 2 heterocycles. The minimum atomic E-state index is 0.427. The first-order valence-corrected chi connectivity index (χ1v) is 9.87. The maximum Gasteiger partial charge on any atom is 0.178 e. The Morgan fingerprint density at radius 2 is 1.44 bits per heavy atom. The van der Waals surface area contributed by atoms with Crippen molar-refractivity contribution in [3.05, 3.63) is 82.9 Å². The monoisotopic (exact) mass is 414 g/mol. The summed E-state index contributed by atoms with van der Waals surface area (Å²) < 4.78 is 13.4. The second-order valence-electron chi connectivity index (χ2n) is 7.07. The molecule has 1 unspecified atom stereocenters. The zero-order valence-corrected chi connectivity index (χ0v) is 16.0. The Kier molecular flexibility index (Phi) is 3.18. The molecule has 5 aromatic rings. The van der Waals surface area contributed by atoms with E-state index in [1.54, 1.807) is 0 Å². The van der Waals surface area contributed by atoms with Crippen molar-refractivity contribution in [2.24, 2.45) is 0 Å². The summed E-state index contributed by atoms with van der Waals surface area (Å²) in [5.41, 5.74) is 4.74. The molecule has 0 radical (unpaired) electrons. The van der Waals surface area contributed by atoms with E-state index >= 15 is 0 Å². The van der Waals surface area contributed by atoms with Gasteiger partial charge < -0.3 is 8.83 Å². The largest absolute Gasteiger partial charge is 0.452 e. The van der Waals surface area contributed by atoms with E-state index in [2.05, 4.69) is 76.6 Å². The normalized spacial score (nSPS) is 17.0. The van der Waals surface area contributed by atoms with Crippen molar-refractivity contribution in [2.75, 3.05) is 0 Å². The summed E-state index contributed by atoms with van der Waals surface area (Å²) in [6.45, 7) is 0. The van der Waals surface area contributed by atoms with E-state index < -0.39 is 0 Å². The Bertz CT molecular complexity index is 1410. The van der Waals surface area contributed by atoms with E-state index in [0.29, 0.717) is 5.92 Å². The van der Waals surface area contributed by atoms with Crippen LogP contribution in [0.4, 0.5) is 0 Å². The Morgan fingerprint density at radius 1 is 0.741 bits per heavy atom. The summed E-state index contributed by atoms with van der Waals surface area (Å²) in [6.07, 6.45) is 9.76. The lowest BCUT2D eigenvalue weighted by Crippen LogP contribution is -1.95. The molecule has 0 fully saturated rings. The molecular formula is C24H15BrO2. The van der Waals surface area contributed by atoms with E-state index in [9.17, 15) is 0 Å². The summed E-state index contributed by atoms with van der Waals surface area (Å²) in [7, 11) is 0. The summed E-state index contributed by atoms with van der Waals surface area (Å²) in [5.74, 6) is 0.427. The van der Waals surface area contributed by atoms with Crippen molar-refractivity contribution < 1.29 is 8.83 Å². The first kappa shape index (κ1) is 15.3. The fourth-order valence-corrected chi connectivity index (χ4v) is 4.48. The highest BCUT2D eigenvalue weighted by molar-refractivity contribution is 9.10. The predicted molar refractivity (Wildman–Crippen MR) is 114 cm³/mol. The lowest BCUT2D eigenvalue weighted by Gasteiger charge is -2.13. The zero-order chi connectivity index (χ0) is 18.0. The molecule has 27 heavy (non-hydrogen) atoms. The molecule has 3 aromatic carbocycles. The molecule has 1 atom stereocenters. The van der Waals surface area contributed by atoms with E-state index in [-0.39, 0.29) is 0 Å². The number of hydrogen-bond acceptors (Lipinski definition) is 2. The van der Waals surface area contributed by atoms with Gasteiger partial charge in [-0.3, -0.25) is 0 Å². The van der Waals surface area contributed by atoms with E-state index in [1.807, 2.05) is 12.1 Å². The first-order chi connectivity index (χ1) is 13.3. The molecule has 0 N–H and O–H groups in total. The van der Waals surface area contributed by atoms with Gasteiger partial charge in [0.25, 0.3) is 0 Å². The third-order valence-corrected chi connectivity index (χ3v) is 5.96. The smallest absolute Gasteiger partial charge is 0.178 e.